The van der Waals surface area contributed by atoms with E-state index in [2.05, 4.69) is 25.3 Å². The Morgan fingerprint density at radius 1 is 1.05 bits per heavy atom. The van der Waals surface area contributed by atoms with Crippen LogP contribution >= 0.6 is 34.7 Å². The predicted octanol–water partition coefficient (Wildman–Crippen LogP) is 6.20. The molecule has 0 radical (unpaired) electrons. The lowest BCUT2D eigenvalue weighted by molar-refractivity contribution is -0.114. The number of hydrogen-bond acceptors (Lipinski definition) is 8. The van der Waals surface area contributed by atoms with E-state index in [0.717, 1.165) is 5.56 Å². The summed E-state index contributed by atoms with van der Waals surface area (Å²) in [6.45, 7) is 8.24. The van der Waals surface area contributed by atoms with Crippen LogP contribution in [0.15, 0.2) is 41.4 Å². The number of ether oxygens (including phenoxy) is 2. The fourth-order valence-corrected chi connectivity index (χ4v) is 4.78. The Labute approximate surface area is 246 Å². The Balaban J connectivity index is 1.91. The van der Waals surface area contributed by atoms with E-state index < -0.39 is 17.6 Å². The third kappa shape index (κ3) is 8.41. The number of carbonyl (C=O) groups is 3. The monoisotopic (exact) mass is 605 g/mol. The van der Waals surface area contributed by atoms with Gasteiger partial charge in [0.05, 0.1) is 40.6 Å². The number of aryl methyl sites for hydroxylation is 1. The first-order valence-corrected chi connectivity index (χ1v) is 13.5. The topological polar surface area (TPSA) is 131 Å². The lowest BCUT2D eigenvalue weighted by Gasteiger charge is -2.20. The van der Waals surface area contributed by atoms with Crippen LogP contribution < -0.4 is 20.7 Å². The van der Waals surface area contributed by atoms with Crippen molar-refractivity contribution in [3.05, 3.63) is 62.4 Å². The molecule has 13 heteroatoms. The predicted molar refractivity (Wildman–Crippen MR) is 158 cm³/mol. The standard InChI is InChI=1S/C27H29Cl2N5O5S/c1-14-21(22(34-40-14)17-7-9-18(38-6)10-8-17)24(36)32-25(33-26(37)39-27(3,4)5)30-13-16-11-19(28)23(20(29)12-16)31-15(2)35/h7-12H,13H2,1-6H3,(H,31,35)(H2,30,32,33,36,37). The zero-order valence-corrected chi connectivity index (χ0v) is 25.1. The summed E-state index contributed by atoms with van der Waals surface area (Å²) in [6.07, 6.45) is -0.806. The quantitative estimate of drug-likeness (QED) is 0.226. The summed E-state index contributed by atoms with van der Waals surface area (Å²) in [7, 11) is 1.57. The van der Waals surface area contributed by atoms with E-state index >= 15 is 0 Å². The molecular formula is C27H29Cl2N5O5S. The number of hydrogen-bond donors (Lipinski definition) is 3. The number of amides is 3. The van der Waals surface area contributed by atoms with Gasteiger partial charge in [-0.25, -0.2) is 9.79 Å². The highest BCUT2D eigenvalue weighted by atomic mass is 35.5. The number of benzene rings is 2. The molecule has 0 fully saturated rings. The summed E-state index contributed by atoms with van der Waals surface area (Å²) in [5.41, 5.74) is 1.59. The highest BCUT2D eigenvalue weighted by Gasteiger charge is 2.23. The number of alkyl carbamates (subject to hydrolysis) is 1. The first-order valence-electron chi connectivity index (χ1n) is 12.0. The number of nitrogens with one attached hydrogen (secondary N) is 3. The molecule has 0 atom stereocenters. The number of nitrogens with zero attached hydrogens (tertiary/aromatic N) is 2. The second kappa shape index (κ2) is 13.1. The number of rotatable bonds is 6. The normalized spacial score (nSPS) is 11.6. The van der Waals surface area contributed by atoms with Crippen LogP contribution in [0.2, 0.25) is 10.0 Å². The lowest BCUT2D eigenvalue weighted by Crippen LogP contribution is -2.46. The minimum Gasteiger partial charge on any atom is -0.497 e. The molecule has 40 heavy (non-hydrogen) atoms. The van der Waals surface area contributed by atoms with Gasteiger partial charge in [0.15, 0.2) is 0 Å². The van der Waals surface area contributed by atoms with Crippen LogP contribution in [0.3, 0.4) is 0 Å². The molecule has 0 aliphatic rings. The molecule has 1 heterocycles. The van der Waals surface area contributed by atoms with Gasteiger partial charge in [-0.3, -0.25) is 20.2 Å². The van der Waals surface area contributed by atoms with E-state index in [1.807, 2.05) is 0 Å². The molecule has 3 N–H and O–H groups in total. The summed E-state index contributed by atoms with van der Waals surface area (Å²) < 4.78 is 15.0. The molecule has 2 aromatic carbocycles. The Hall–Kier alpha value is -3.67. The molecule has 0 saturated heterocycles. The molecule has 0 aliphatic carbocycles. The maximum atomic E-state index is 13.5. The Morgan fingerprint density at radius 3 is 2.23 bits per heavy atom. The molecule has 1 aromatic heterocycles. The average Bonchev–Trinajstić information content (AvgIpc) is 3.25. The Morgan fingerprint density at radius 2 is 1.68 bits per heavy atom. The van der Waals surface area contributed by atoms with E-state index in [1.165, 1.54) is 18.5 Å². The second-order valence-electron chi connectivity index (χ2n) is 9.55. The number of halogens is 2. The van der Waals surface area contributed by atoms with Crippen LogP contribution in [0.5, 0.6) is 5.75 Å². The summed E-state index contributed by atoms with van der Waals surface area (Å²) in [5.74, 6) is -0.330. The van der Waals surface area contributed by atoms with Crippen molar-refractivity contribution >= 4 is 64.3 Å². The van der Waals surface area contributed by atoms with Crippen LogP contribution in [0.4, 0.5) is 10.5 Å². The number of guanidine groups is 1. The van der Waals surface area contributed by atoms with Crippen molar-refractivity contribution in [3.63, 3.8) is 0 Å². The van der Waals surface area contributed by atoms with E-state index in [0.29, 0.717) is 27.4 Å². The van der Waals surface area contributed by atoms with Gasteiger partial charge in [-0.15, -0.1) is 0 Å². The maximum Gasteiger partial charge on any atom is 0.414 e. The third-order valence-electron chi connectivity index (χ3n) is 5.13. The fraction of sp³-hybridized carbons (Fsp3) is 0.296. The first-order chi connectivity index (χ1) is 18.8. The molecule has 0 bridgehead atoms. The number of aromatic nitrogens is 1. The molecule has 212 valence electrons. The van der Waals surface area contributed by atoms with Gasteiger partial charge < -0.3 is 14.8 Å². The van der Waals surface area contributed by atoms with Gasteiger partial charge in [0, 0.05) is 17.4 Å². The molecule has 3 amide bonds. The number of aliphatic imine (C=N–C) groups is 1. The molecule has 0 aliphatic heterocycles. The van der Waals surface area contributed by atoms with Crippen molar-refractivity contribution in [1.82, 2.24) is 15.0 Å². The number of carbonyl (C=O) groups excluding carboxylic acids is 3. The summed E-state index contributed by atoms with van der Waals surface area (Å²) in [4.78, 5) is 42.5. The highest BCUT2D eigenvalue weighted by molar-refractivity contribution is 7.06. The minimum absolute atomic E-state index is 0.0165. The van der Waals surface area contributed by atoms with Crippen LogP contribution in [0.1, 0.15) is 48.5 Å². The lowest BCUT2D eigenvalue weighted by atomic mass is 10.1. The van der Waals surface area contributed by atoms with Crippen molar-refractivity contribution in [2.45, 2.75) is 46.8 Å². The third-order valence-corrected chi connectivity index (χ3v) is 6.48. The summed E-state index contributed by atoms with van der Waals surface area (Å²) in [5, 5.41) is 8.16. The van der Waals surface area contributed by atoms with Gasteiger partial charge in [-0.1, -0.05) is 23.2 Å². The van der Waals surface area contributed by atoms with Crippen molar-refractivity contribution in [2.24, 2.45) is 4.99 Å². The fourth-order valence-electron chi connectivity index (χ4n) is 3.45. The van der Waals surface area contributed by atoms with Gasteiger partial charge in [-0.05, 0) is 81.2 Å². The van der Waals surface area contributed by atoms with Crippen LogP contribution in [0.25, 0.3) is 11.3 Å². The van der Waals surface area contributed by atoms with Gasteiger partial charge >= 0.3 is 6.09 Å². The second-order valence-corrected chi connectivity index (χ2v) is 11.3. The molecule has 0 unspecified atom stereocenters. The summed E-state index contributed by atoms with van der Waals surface area (Å²) in [6, 6.07) is 10.3. The average molecular weight is 607 g/mol. The smallest absolute Gasteiger partial charge is 0.414 e. The Bertz CT molecular complexity index is 1430. The van der Waals surface area contributed by atoms with Crippen LogP contribution in [0, 0.1) is 6.92 Å². The summed E-state index contributed by atoms with van der Waals surface area (Å²) >= 11 is 13.8. The number of anilines is 1. The molecule has 3 rings (SSSR count). The Kier molecular flexibility index (Phi) is 10.1. The van der Waals surface area contributed by atoms with Gasteiger partial charge in [0.1, 0.15) is 11.4 Å². The van der Waals surface area contributed by atoms with E-state index in [9.17, 15) is 14.4 Å². The number of methoxy groups -OCH3 is 1. The molecular weight excluding hydrogens is 577 g/mol. The van der Waals surface area contributed by atoms with Crippen LogP contribution in [-0.4, -0.2) is 41.0 Å². The van der Waals surface area contributed by atoms with Gasteiger partial charge in [0.2, 0.25) is 11.9 Å². The largest absolute Gasteiger partial charge is 0.497 e. The van der Waals surface area contributed by atoms with E-state index in [4.69, 9.17) is 32.7 Å². The molecule has 3 aromatic rings. The SMILES string of the molecule is COc1ccc(-c2nsc(C)c2C(=O)NC(=NCc2cc(Cl)c(NC(C)=O)c(Cl)c2)NC(=O)OC(C)(C)C)cc1. The van der Waals surface area contributed by atoms with Gasteiger partial charge in [-0.2, -0.15) is 4.37 Å². The highest BCUT2D eigenvalue weighted by Crippen LogP contribution is 2.32. The van der Waals surface area contributed by atoms with E-state index in [1.54, 1.807) is 71.2 Å². The maximum absolute atomic E-state index is 13.5. The zero-order valence-electron chi connectivity index (χ0n) is 22.8. The van der Waals surface area contributed by atoms with Gasteiger partial charge in [0.25, 0.3) is 5.91 Å². The minimum atomic E-state index is -0.806. The van der Waals surface area contributed by atoms with Crippen molar-refractivity contribution in [3.8, 4) is 17.0 Å². The first kappa shape index (κ1) is 30.9. The molecule has 0 saturated carbocycles. The van der Waals surface area contributed by atoms with E-state index in [-0.39, 0.29) is 34.1 Å². The van der Waals surface area contributed by atoms with Crippen molar-refractivity contribution in [1.29, 1.82) is 0 Å². The zero-order chi connectivity index (χ0) is 29.6. The van der Waals surface area contributed by atoms with Crippen molar-refractivity contribution < 1.29 is 23.9 Å². The molecule has 0 spiro atoms. The molecule has 10 nitrogen and oxygen atoms in total. The van der Waals surface area contributed by atoms with Crippen LogP contribution in [-0.2, 0) is 16.1 Å². The van der Waals surface area contributed by atoms with Crippen molar-refractivity contribution in [2.75, 3.05) is 12.4 Å².